The zero-order chi connectivity index (χ0) is 14.4. The highest BCUT2D eigenvalue weighted by atomic mass is 16.3. The molecule has 0 spiro atoms. The average Bonchev–Trinajstić information content (AvgIpc) is 2.48. The van der Waals surface area contributed by atoms with E-state index in [1.54, 1.807) is 0 Å². The molecule has 1 aromatic carbocycles. The van der Waals surface area contributed by atoms with E-state index in [9.17, 15) is 9.90 Å². The van der Waals surface area contributed by atoms with E-state index in [1.807, 2.05) is 30.3 Å². The number of nitrogens with two attached hydrogens (primary N) is 1. The number of carbonyl (C=O) groups is 1. The maximum atomic E-state index is 12.0. The number of carbonyl (C=O) groups excluding carboxylic acids is 1. The summed E-state index contributed by atoms with van der Waals surface area (Å²) in [5.74, 6) is -0.146. The highest BCUT2D eigenvalue weighted by Crippen LogP contribution is 2.18. The average molecular weight is 276 g/mol. The molecule has 4 heteroatoms. The van der Waals surface area contributed by atoms with Gasteiger partial charge >= 0.3 is 0 Å². The van der Waals surface area contributed by atoms with Gasteiger partial charge in [0.25, 0.3) is 0 Å². The van der Waals surface area contributed by atoms with Crippen molar-refractivity contribution in [1.29, 1.82) is 0 Å². The lowest BCUT2D eigenvalue weighted by Gasteiger charge is -2.29. The Morgan fingerprint density at radius 2 is 2.00 bits per heavy atom. The van der Waals surface area contributed by atoms with Gasteiger partial charge in [-0.15, -0.1) is 0 Å². The van der Waals surface area contributed by atoms with Crippen LogP contribution >= 0.6 is 0 Å². The fraction of sp³-hybridized carbons (Fsp3) is 0.562. The van der Waals surface area contributed by atoms with Crippen LogP contribution < -0.4 is 11.1 Å². The molecule has 0 heterocycles. The molecule has 4 N–H and O–H groups in total. The summed E-state index contributed by atoms with van der Waals surface area (Å²) in [6.45, 7) is 0. The molecule has 1 unspecified atom stereocenters. The molecule has 20 heavy (non-hydrogen) atoms. The van der Waals surface area contributed by atoms with E-state index < -0.39 is 12.1 Å². The first kappa shape index (κ1) is 15.0. The summed E-state index contributed by atoms with van der Waals surface area (Å²) in [5.41, 5.74) is 7.12. The first-order valence-electron chi connectivity index (χ1n) is 7.45. The fourth-order valence-corrected chi connectivity index (χ4v) is 2.67. The molecule has 0 saturated heterocycles. The lowest BCUT2D eigenvalue weighted by molar-refractivity contribution is -0.124. The highest BCUT2D eigenvalue weighted by Gasteiger charge is 2.26. The Morgan fingerprint density at radius 3 is 2.70 bits per heavy atom. The zero-order valence-corrected chi connectivity index (χ0v) is 11.8. The van der Waals surface area contributed by atoms with Crippen molar-refractivity contribution in [3.05, 3.63) is 35.9 Å². The largest absolute Gasteiger partial charge is 0.391 e. The number of benzene rings is 1. The lowest BCUT2D eigenvalue weighted by atomic mass is 9.92. The topological polar surface area (TPSA) is 75.4 Å². The second kappa shape index (κ2) is 7.41. The van der Waals surface area contributed by atoms with Gasteiger partial charge in [-0.2, -0.15) is 0 Å². The van der Waals surface area contributed by atoms with Crippen LogP contribution in [0.2, 0.25) is 0 Å². The van der Waals surface area contributed by atoms with E-state index in [0.717, 1.165) is 32.1 Å². The molecule has 0 aromatic heterocycles. The molecular formula is C16H24N2O2. The number of hydrogen-bond donors (Lipinski definition) is 3. The van der Waals surface area contributed by atoms with Gasteiger partial charge in [0.2, 0.25) is 5.91 Å². The number of nitrogens with one attached hydrogen (secondary N) is 1. The molecule has 0 aliphatic heterocycles. The van der Waals surface area contributed by atoms with Gasteiger partial charge in [0.15, 0.2) is 0 Å². The molecule has 1 aromatic rings. The lowest BCUT2D eigenvalue weighted by Crippen LogP contribution is -2.50. The van der Waals surface area contributed by atoms with Crippen molar-refractivity contribution in [1.82, 2.24) is 5.32 Å². The molecule has 2 rings (SSSR count). The van der Waals surface area contributed by atoms with E-state index in [1.165, 1.54) is 5.56 Å². The van der Waals surface area contributed by atoms with Crippen molar-refractivity contribution in [3.8, 4) is 0 Å². The molecule has 3 atom stereocenters. The van der Waals surface area contributed by atoms with Gasteiger partial charge in [-0.3, -0.25) is 4.79 Å². The molecule has 1 saturated carbocycles. The Labute approximate surface area is 120 Å². The molecule has 0 radical (unpaired) electrons. The summed E-state index contributed by atoms with van der Waals surface area (Å²) in [6.07, 6.45) is 4.70. The van der Waals surface area contributed by atoms with Crippen molar-refractivity contribution in [2.45, 2.75) is 56.7 Å². The summed E-state index contributed by atoms with van der Waals surface area (Å²) >= 11 is 0. The highest BCUT2D eigenvalue weighted by molar-refractivity contribution is 5.81. The Morgan fingerprint density at radius 1 is 1.30 bits per heavy atom. The predicted molar refractivity (Wildman–Crippen MR) is 79.1 cm³/mol. The van der Waals surface area contributed by atoms with E-state index in [0.29, 0.717) is 6.42 Å². The smallest absolute Gasteiger partial charge is 0.237 e. The first-order chi connectivity index (χ1) is 9.66. The first-order valence-corrected chi connectivity index (χ1v) is 7.45. The zero-order valence-electron chi connectivity index (χ0n) is 11.8. The van der Waals surface area contributed by atoms with Gasteiger partial charge in [0.1, 0.15) is 0 Å². The molecule has 1 amide bonds. The quantitative estimate of drug-likeness (QED) is 0.760. The Balaban J connectivity index is 1.77. The normalized spacial score (nSPS) is 24.1. The van der Waals surface area contributed by atoms with E-state index in [-0.39, 0.29) is 11.9 Å². The van der Waals surface area contributed by atoms with Gasteiger partial charge in [0.05, 0.1) is 18.2 Å². The Bertz CT molecular complexity index is 422. The minimum absolute atomic E-state index is 0.126. The third-order valence-electron chi connectivity index (χ3n) is 3.98. The minimum atomic E-state index is -0.510. The van der Waals surface area contributed by atoms with Crippen LogP contribution in [0, 0.1) is 0 Å². The second-order valence-electron chi connectivity index (χ2n) is 5.60. The van der Waals surface area contributed by atoms with Crippen LogP contribution in [0.3, 0.4) is 0 Å². The van der Waals surface area contributed by atoms with Crippen molar-refractivity contribution < 1.29 is 9.90 Å². The van der Waals surface area contributed by atoms with Crippen molar-refractivity contribution in [3.63, 3.8) is 0 Å². The van der Waals surface area contributed by atoms with Gasteiger partial charge < -0.3 is 16.2 Å². The van der Waals surface area contributed by atoms with Crippen LogP contribution in [0.25, 0.3) is 0 Å². The summed E-state index contributed by atoms with van der Waals surface area (Å²) in [5, 5.41) is 12.7. The van der Waals surface area contributed by atoms with Gasteiger partial charge in [0, 0.05) is 0 Å². The van der Waals surface area contributed by atoms with Gasteiger partial charge in [-0.25, -0.2) is 0 Å². The number of aliphatic hydroxyl groups is 1. The van der Waals surface area contributed by atoms with E-state index in [4.69, 9.17) is 5.73 Å². The fourth-order valence-electron chi connectivity index (χ4n) is 2.67. The van der Waals surface area contributed by atoms with Crippen LogP contribution in [0.1, 0.15) is 37.7 Å². The molecule has 1 aliphatic carbocycles. The molecule has 0 bridgehead atoms. The monoisotopic (exact) mass is 276 g/mol. The number of hydrogen-bond acceptors (Lipinski definition) is 3. The predicted octanol–water partition coefficient (Wildman–Crippen LogP) is 1.37. The standard InChI is InChI=1S/C16H24N2O2/c17-13(11-10-12-6-2-1-3-7-12)16(20)18-14-8-4-5-9-15(14)19/h1-3,6-7,13-15,19H,4-5,8-11,17H2,(H,18,20)/t13?,14-,15-/m0/s1. The second-order valence-corrected chi connectivity index (χ2v) is 5.60. The van der Waals surface area contributed by atoms with E-state index in [2.05, 4.69) is 5.32 Å². The van der Waals surface area contributed by atoms with Gasteiger partial charge in [-0.05, 0) is 31.2 Å². The molecule has 110 valence electrons. The third-order valence-corrected chi connectivity index (χ3v) is 3.98. The Kier molecular flexibility index (Phi) is 5.56. The summed E-state index contributed by atoms with van der Waals surface area (Å²) in [4.78, 5) is 12.0. The SMILES string of the molecule is NC(CCc1ccccc1)C(=O)N[C@H]1CCCC[C@@H]1O. The van der Waals surface area contributed by atoms with Crippen molar-refractivity contribution in [2.24, 2.45) is 5.73 Å². The third kappa shape index (κ3) is 4.32. The maximum absolute atomic E-state index is 12.0. The number of amides is 1. The van der Waals surface area contributed by atoms with Crippen LogP contribution in [-0.4, -0.2) is 29.2 Å². The van der Waals surface area contributed by atoms with Crippen molar-refractivity contribution >= 4 is 5.91 Å². The summed E-state index contributed by atoms with van der Waals surface area (Å²) in [6, 6.07) is 9.38. The minimum Gasteiger partial charge on any atom is -0.391 e. The Hall–Kier alpha value is -1.39. The van der Waals surface area contributed by atoms with Crippen LogP contribution in [0.4, 0.5) is 0 Å². The summed E-state index contributed by atoms with van der Waals surface area (Å²) in [7, 11) is 0. The van der Waals surface area contributed by atoms with Crippen LogP contribution in [0.5, 0.6) is 0 Å². The number of aliphatic hydroxyl groups excluding tert-OH is 1. The summed E-state index contributed by atoms with van der Waals surface area (Å²) < 4.78 is 0. The van der Waals surface area contributed by atoms with E-state index >= 15 is 0 Å². The van der Waals surface area contributed by atoms with Crippen LogP contribution in [-0.2, 0) is 11.2 Å². The molecule has 4 nitrogen and oxygen atoms in total. The number of aryl methyl sites for hydroxylation is 1. The molecule has 1 fully saturated rings. The molecule has 1 aliphatic rings. The maximum Gasteiger partial charge on any atom is 0.237 e. The van der Waals surface area contributed by atoms with Crippen molar-refractivity contribution in [2.75, 3.05) is 0 Å². The molecular weight excluding hydrogens is 252 g/mol. The van der Waals surface area contributed by atoms with Crippen LogP contribution in [0.15, 0.2) is 30.3 Å². The number of rotatable bonds is 5. The van der Waals surface area contributed by atoms with Gasteiger partial charge in [-0.1, -0.05) is 43.2 Å².